The summed E-state index contributed by atoms with van der Waals surface area (Å²) in [5, 5.41) is 15.3. The highest BCUT2D eigenvalue weighted by Crippen LogP contribution is 2.45. The predicted octanol–water partition coefficient (Wildman–Crippen LogP) is 5.15. The molecule has 6 heterocycles. The van der Waals surface area contributed by atoms with E-state index >= 15 is 0 Å². The number of rotatable bonds is 8. The van der Waals surface area contributed by atoms with Gasteiger partial charge < -0.3 is 9.72 Å². The number of nitriles is 1. The van der Waals surface area contributed by atoms with Gasteiger partial charge in [0, 0.05) is 55.1 Å². The lowest BCUT2D eigenvalue weighted by Crippen LogP contribution is -2.58. The number of alkyl halides is 3. The molecule has 0 atom stereocenters. The molecule has 1 saturated carbocycles. The first kappa shape index (κ1) is 28.7. The van der Waals surface area contributed by atoms with Crippen molar-refractivity contribution in [1.29, 1.82) is 5.26 Å². The molecule has 0 radical (unpaired) electrons. The van der Waals surface area contributed by atoms with E-state index in [1.807, 2.05) is 23.1 Å². The SMILES string of the molecule is N#CCC1(n2cc(-c3ncnc4[nH]ccc34)cn2)CC(N2CCC(Oc3cc(CN4CCCC4)cc(C(F)(F)F)n3)CC2)C1. The van der Waals surface area contributed by atoms with Gasteiger partial charge in [-0.15, -0.1) is 0 Å². The first-order valence-electron chi connectivity index (χ1n) is 15.2. The molecule has 1 N–H and O–H groups in total. The summed E-state index contributed by atoms with van der Waals surface area (Å²) in [4.78, 5) is 20.3. The third-order valence-corrected chi connectivity index (χ3v) is 9.37. The lowest BCUT2D eigenvalue weighted by Gasteiger charge is -2.52. The van der Waals surface area contributed by atoms with Crippen molar-refractivity contribution in [2.45, 2.75) is 75.4 Å². The van der Waals surface area contributed by atoms with Crippen LogP contribution in [0.4, 0.5) is 13.2 Å². The molecule has 0 unspecified atom stereocenters. The number of likely N-dealkylation sites (tertiary alicyclic amines) is 2. The predicted molar refractivity (Wildman–Crippen MR) is 155 cm³/mol. The van der Waals surface area contributed by atoms with Gasteiger partial charge in [0.15, 0.2) is 0 Å². The van der Waals surface area contributed by atoms with E-state index in [2.05, 4.69) is 40.9 Å². The fraction of sp³-hybridized carbons (Fsp3) is 0.516. The summed E-state index contributed by atoms with van der Waals surface area (Å²) in [5.74, 6) is 0.0549. The number of nitrogens with one attached hydrogen (secondary N) is 1. The molecule has 2 saturated heterocycles. The van der Waals surface area contributed by atoms with E-state index in [1.54, 1.807) is 12.3 Å². The van der Waals surface area contributed by atoms with E-state index in [0.29, 0.717) is 37.4 Å². The molecule has 3 aliphatic rings. The molecule has 0 aromatic carbocycles. The van der Waals surface area contributed by atoms with Crippen LogP contribution in [0.2, 0.25) is 0 Å². The standard InChI is InChI=1S/C31H34F3N9O/c32-31(33,34)26-13-21(18-41-9-1-2-10-41)14-27(40-26)44-24-4-11-42(12-5-24)23-15-30(16-23,6-7-35)43-19-22(17-39-43)28-25-3-8-36-29(25)38-20-37-28/h3,8,13-14,17,19-20,23-24H,1-2,4-6,9-12,15-16,18H2,(H,36,37,38). The molecule has 4 aromatic heterocycles. The average molecular weight is 606 g/mol. The fourth-order valence-electron chi connectivity index (χ4n) is 7.03. The van der Waals surface area contributed by atoms with E-state index in [-0.39, 0.29) is 17.5 Å². The van der Waals surface area contributed by atoms with Crippen molar-refractivity contribution in [1.82, 2.24) is 39.5 Å². The van der Waals surface area contributed by atoms with Crippen molar-refractivity contribution >= 4 is 11.0 Å². The summed E-state index contributed by atoms with van der Waals surface area (Å²) in [7, 11) is 0. The van der Waals surface area contributed by atoms with Crippen LogP contribution in [0.5, 0.6) is 5.88 Å². The zero-order valence-electron chi connectivity index (χ0n) is 24.3. The van der Waals surface area contributed by atoms with Crippen molar-refractivity contribution in [2.75, 3.05) is 26.2 Å². The number of H-pyrrole nitrogens is 1. The third kappa shape index (κ3) is 5.64. The first-order chi connectivity index (χ1) is 21.3. The van der Waals surface area contributed by atoms with Gasteiger partial charge in [-0.3, -0.25) is 14.5 Å². The number of halogens is 3. The van der Waals surface area contributed by atoms with Crippen LogP contribution in [0, 0.1) is 11.3 Å². The summed E-state index contributed by atoms with van der Waals surface area (Å²) in [6.45, 7) is 3.81. The van der Waals surface area contributed by atoms with E-state index in [0.717, 1.165) is 80.2 Å². The molecule has 44 heavy (non-hydrogen) atoms. The van der Waals surface area contributed by atoms with Crippen molar-refractivity contribution < 1.29 is 17.9 Å². The van der Waals surface area contributed by atoms with Gasteiger partial charge in [-0.25, -0.2) is 15.0 Å². The lowest BCUT2D eigenvalue weighted by molar-refractivity contribution is -0.141. The monoisotopic (exact) mass is 605 g/mol. The van der Waals surface area contributed by atoms with Crippen LogP contribution in [0.15, 0.2) is 43.1 Å². The maximum Gasteiger partial charge on any atom is 0.433 e. The van der Waals surface area contributed by atoms with Crippen LogP contribution in [-0.4, -0.2) is 77.8 Å². The number of pyridine rings is 1. The summed E-state index contributed by atoms with van der Waals surface area (Å²) < 4.78 is 48.9. The van der Waals surface area contributed by atoms with E-state index < -0.39 is 11.9 Å². The Morgan fingerprint density at radius 1 is 1.09 bits per heavy atom. The number of nitrogens with zero attached hydrogens (tertiary/aromatic N) is 8. The van der Waals surface area contributed by atoms with Crippen molar-refractivity contribution in [2.24, 2.45) is 0 Å². The quantitative estimate of drug-likeness (QED) is 0.294. The summed E-state index contributed by atoms with van der Waals surface area (Å²) in [6, 6.07) is 7.42. The summed E-state index contributed by atoms with van der Waals surface area (Å²) in [5.41, 5.74) is 1.74. The lowest BCUT2D eigenvalue weighted by atomic mass is 9.69. The van der Waals surface area contributed by atoms with Crippen LogP contribution in [-0.2, 0) is 18.3 Å². The molecule has 2 aliphatic heterocycles. The second-order valence-corrected chi connectivity index (χ2v) is 12.3. The topological polar surface area (TPSA) is 112 Å². The highest BCUT2D eigenvalue weighted by Gasteiger charge is 2.49. The summed E-state index contributed by atoms with van der Waals surface area (Å²) >= 11 is 0. The van der Waals surface area contributed by atoms with Crippen molar-refractivity contribution in [3.63, 3.8) is 0 Å². The molecule has 230 valence electrons. The second-order valence-electron chi connectivity index (χ2n) is 12.3. The van der Waals surface area contributed by atoms with E-state index in [4.69, 9.17) is 4.74 Å². The molecule has 1 aliphatic carbocycles. The van der Waals surface area contributed by atoms with Crippen molar-refractivity contribution in [3.8, 4) is 23.2 Å². The minimum atomic E-state index is -4.53. The van der Waals surface area contributed by atoms with Gasteiger partial charge in [0.25, 0.3) is 0 Å². The molecule has 0 amide bonds. The molecular formula is C31H34F3N9O. The zero-order valence-corrected chi connectivity index (χ0v) is 24.3. The maximum absolute atomic E-state index is 13.6. The molecule has 3 fully saturated rings. The van der Waals surface area contributed by atoms with Crippen LogP contribution in [0.1, 0.15) is 56.2 Å². The number of ether oxygens (including phenoxy) is 1. The van der Waals surface area contributed by atoms with Crippen LogP contribution < -0.4 is 4.74 Å². The van der Waals surface area contributed by atoms with Crippen LogP contribution in [0.25, 0.3) is 22.3 Å². The van der Waals surface area contributed by atoms with E-state index in [9.17, 15) is 18.4 Å². The number of piperidine rings is 1. The average Bonchev–Trinajstić information content (AvgIpc) is 3.77. The second kappa shape index (κ2) is 11.5. The fourth-order valence-corrected chi connectivity index (χ4v) is 7.03. The molecule has 13 heteroatoms. The Bertz CT molecular complexity index is 1660. The number of fused-ring (bicyclic) bond motifs is 1. The van der Waals surface area contributed by atoms with Gasteiger partial charge in [0.2, 0.25) is 5.88 Å². The number of aromatic nitrogens is 6. The Kier molecular flexibility index (Phi) is 7.50. The molecule has 7 rings (SSSR count). The Morgan fingerprint density at radius 2 is 1.89 bits per heavy atom. The van der Waals surface area contributed by atoms with Gasteiger partial charge in [0.05, 0.1) is 29.9 Å². The largest absolute Gasteiger partial charge is 0.474 e. The first-order valence-corrected chi connectivity index (χ1v) is 15.2. The van der Waals surface area contributed by atoms with Crippen LogP contribution >= 0.6 is 0 Å². The van der Waals surface area contributed by atoms with Gasteiger partial charge in [-0.2, -0.15) is 23.5 Å². The van der Waals surface area contributed by atoms with Gasteiger partial charge >= 0.3 is 6.18 Å². The summed E-state index contributed by atoms with van der Waals surface area (Å²) in [6.07, 6.45) is 7.90. The number of hydrogen-bond acceptors (Lipinski definition) is 8. The molecule has 0 bridgehead atoms. The third-order valence-electron chi connectivity index (χ3n) is 9.37. The van der Waals surface area contributed by atoms with Crippen LogP contribution in [0.3, 0.4) is 0 Å². The number of hydrogen-bond donors (Lipinski definition) is 1. The molecule has 0 spiro atoms. The Hall–Kier alpha value is -4.02. The highest BCUT2D eigenvalue weighted by atomic mass is 19.4. The van der Waals surface area contributed by atoms with Gasteiger partial charge in [-0.05, 0) is 69.3 Å². The smallest absolute Gasteiger partial charge is 0.433 e. The highest BCUT2D eigenvalue weighted by molar-refractivity contribution is 5.90. The van der Waals surface area contributed by atoms with E-state index in [1.165, 1.54) is 6.33 Å². The van der Waals surface area contributed by atoms with Gasteiger partial charge in [-0.1, -0.05) is 0 Å². The Labute approximate surface area is 252 Å². The minimum Gasteiger partial charge on any atom is -0.474 e. The Balaban J connectivity index is 0.984. The zero-order chi connectivity index (χ0) is 30.3. The maximum atomic E-state index is 13.6. The van der Waals surface area contributed by atoms with Crippen molar-refractivity contribution in [3.05, 3.63) is 54.4 Å². The normalized spacial score (nSPS) is 23.5. The molecule has 4 aromatic rings. The number of aromatic amines is 1. The Morgan fingerprint density at radius 3 is 2.64 bits per heavy atom. The molecular weight excluding hydrogens is 571 g/mol. The minimum absolute atomic E-state index is 0.0549. The molecule has 10 nitrogen and oxygen atoms in total. The van der Waals surface area contributed by atoms with Gasteiger partial charge in [0.1, 0.15) is 23.8 Å².